The lowest BCUT2D eigenvalue weighted by atomic mass is 9.84. The van der Waals surface area contributed by atoms with E-state index in [4.69, 9.17) is 5.11 Å². The van der Waals surface area contributed by atoms with Crippen LogP contribution in [-0.4, -0.2) is 23.7 Å². The van der Waals surface area contributed by atoms with Gasteiger partial charge in [0.1, 0.15) is 0 Å². The first-order valence-electron chi connectivity index (χ1n) is 5.15. The molecule has 2 N–H and O–H groups in total. The van der Waals surface area contributed by atoms with Crippen LogP contribution in [0.4, 0.5) is 0 Å². The fraction of sp³-hybridized carbons (Fsp3) is 0.900. The summed E-state index contributed by atoms with van der Waals surface area (Å²) in [7, 11) is 0. The molecule has 0 aliphatic heterocycles. The van der Waals surface area contributed by atoms with Crippen LogP contribution < -0.4 is 5.32 Å². The number of carboxylic acids is 1. The number of carbonyl (C=O) groups is 1. The molecule has 0 saturated heterocycles. The lowest BCUT2D eigenvalue weighted by Crippen LogP contribution is -2.37. The van der Waals surface area contributed by atoms with E-state index in [9.17, 15) is 4.79 Å². The highest BCUT2D eigenvalue weighted by Crippen LogP contribution is 2.26. The van der Waals surface area contributed by atoms with Crippen LogP contribution in [0.15, 0.2) is 0 Å². The van der Waals surface area contributed by atoms with Crippen molar-refractivity contribution < 1.29 is 9.90 Å². The number of nitrogens with one attached hydrogen (secondary N) is 1. The van der Waals surface area contributed by atoms with Gasteiger partial charge in [-0.15, -0.1) is 0 Å². The Morgan fingerprint density at radius 3 is 2.62 bits per heavy atom. The summed E-state index contributed by atoms with van der Waals surface area (Å²) in [5, 5.41) is 11.6. The van der Waals surface area contributed by atoms with Gasteiger partial charge in [0.05, 0.1) is 6.54 Å². The van der Waals surface area contributed by atoms with Gasteiger partial charge < -0.3 is 10.4 Å². The number of carboxylic acid groups (broad SMARTS) is 1. The summed E-state index contributed by atoms with van der Waals surface area (Å²) in [5.74, 6) is -0.0734. The van der Waals surface area contributed by atoms with E-state index in [2.05, 4.69) is 12.2 Å². The second-order valence-electron chi connectivity index (χ2n) is 3.96. The molecule has 1 aliphatic carbocycles. The standard InChI is InChI=1S/C10H19NO2/c1-8(11-7-10(12)13)9-5-3-2-4-6-9/h8-9,11H,2-7H2,1H3,(H,12,13)/t8-/m1/s1. The highest BCUT2D eigenvalue weighted by Gasteiger charge is 2.19. The van der Waals surface area contributed by atoms with Gasteiger partial charge in [0.2, 0.25) is 0 Å². The second kappa shape index (κ2) is 5.22. The minimum Gasteiger partial charge on any atom is -0.480 e. The van der Waals surface area contributed by atoms with Gasteiger partial charge in [-0.25, -0.2) is 0 Å². The molecule has 1 aliphatic rings. The Labute approximate surface area is 79.5 Å². The smallest absolute Gasteiger partial charge is 0.317 e. The van der Waals surface area contributed by atoms with Crippen LogP contribution in [0.2, 0.25) is 0 Å². The van der Waals surface area contributed by atoms with Crippen molar-refractivity contribution in [2.75, 3.05) is 6.54 Å². The average Bonchev–Trinajstić information content (AvgIpc) is 2.15. The molecule has 0 aromatic rings. The summed E-state index contributed by atoms with van der Waals surface area (Å²) in [6, 6.07) is 0.358. The lowest BCUT2D eigenvalue weighted by Gasteiger charge is -2.27. The molecule has 0 aromatic carbocycles. The minimum atomic E-state index is -0.761. The van der Waals surface area contributed by atoms with Gasteiger partial charge in [-0.3, -0.25) is 4.79 Å². The Morgan fingerprint density at radius 2 is 2.08 bits per heavy atom. The van der Waals surface area contributed by atoms with Gasteiger partial charge in [-0.2, -0.15) is 0 Å². The third-order valence-corrected chi connectivity index (χ3v) is 2.93. The maximum Gasteiger partial charge on any atom is 0.317 e. The first kappa shape index (κ1) is 10.5. The SMILES string of the molecule is C[C@@H](NCC(=O)O)C1CCCCC1. The monoisotopic (exact) mass is 185 g/mol. The summed E-state index contributed by atoms with van der Waals surface area (Å²) in [6.45, 7) is 2.19. The van der Waals surface area contributed by atoms with Crippen molar-refractivity contribution in [3.05, 3.63) is 0 Å². The molecular weight excluding hydrogens is 166 g/mol. The van der Waals surface area contributed by atoms with Crippen molar-refractivity contribution in [2.24, 2.45) is 5.92 Å². The van der Waals surface area contributed by atoms with Crippen molar-refractivity contribution >= 4 is 5.97 Å². The predicted octanol–water partition coefficient (Wildman–Crippen LogP) is 1.63. The third-order valence-electron chi connectivity index (χ3n) is 2.93. The molecule has 0 aromatic heterocycles. The molecule has 1 saturated carbocycles. The molecule has 3 heteroatoms. The zero-order valence-corrected chi connectivity index (χ0v) is 8.25. The second-order valence-corrected chi connectivity index (χ2v) is 3.96. The molecule has 0 spiro atoms. The first-order valence-corrected chi connectivity index (χ1v) is 5.15. The van der Waals surface area contributed by atoms with Gasteiger partial charge in [0, 0.05) is 6.04 Å². The summed E-state index contributed by atoms with van der Waals surface area (Å²) < 4.78 is 0. The zero-order valence-electron chi connectivity index (χ0n) is 8.25. The summed E-state index contributed by atoms with van der Waals surface area (Å²) >= 11 is 0. The van der Waals surface area contributed by atoms with Crippen molar-refractivity contribution in [3.8, 4) is 0 Å². The van der Waals surface area contributed by atoms with E-state index in [1.54, 1.807) is 0 Å². The quantitative estimate of drug-likeness (QED) is 0.700. The van der Waals surface area contributed by atoms with Crippen LogP contribution >= 0.6 is 0 Å². The minimum absolute atomic E-state index is 0.0949. The molecule has 0 unspecified atom stereocenters. The largest absolute Gasteiger partial charge is 0.480 e. The van der Waals surface area contributed by atoms with Gasteiger partial charge in [0.25, 0.3) is 0 Å². The Balaban J connectivity index is 2.20. The number of rotatable bonds is 4. The molecule has 76 valence electrons. The molecule has 0 bridgehead atoms. The van der Waals surface area contributed by atoms with Crippen LogP contribution in [-0.2, 0) is 4.79 Å². The fourth-order valence-corrected chi connectivity index (χ4v) is 2.05. The van der Waals surface area contributed by atoms with Crippen molar-refractivity contribution in [1.29, 1.82) is 0 Å². The van der Waals surface area contributed by atoms with E-state index in [1.807, 2.05) is 0 Å². The van der Waals surface area contributed by atoms with E-state index in [0.29, 0.717) is 12.0 Å². The van der Waals surface area contributed by atoms with E-state index >= 15 is 0 Å². The van der Waals surface area contributed by atoms with Crippen LogP contribution in [0.1, 0.15) is 39.0 Å². The lowest BCUT2D eigenvalue weighted by molar-refractivity contribution is -0.136. The summed E-state index contributed by atoms with van der Waals surface area (Å²) in [6.07, 6.45) is 6.48. The fourth-order valence-electron chi connectivity index (χ4n) is 2.05. The van der Waals surface area contributed by atoms with Gasteiger partial charge in [-0.1, -0.05) is 19.3 Å². The maximum atomic E-state index is 10.3. The molecule has 1 rings (SSSR count). The molecule has 3 nitrogen and oxygen atoms in total. The van der Waals surface area contributed by atoms with E-state index in [0.717, 1.165) is 0 Å². The van der Waals surface area contributed by atoms with E-state index in [-0.39, 0.29) is 6.54 Å². The first-order chi connectivity index (χ1) is 6.20. The van der Waals surface area contributed by atoms with E-state index in [1.165, 1.54) is 32.1 Å². The Kier molecular flexibility index (Phi) is 4.22. The molecular formula is C10H19NO2. The van der Waals surface area contributed by atoms with Crippen LogP contribution in [0.25, 0.3) is 0 Å². The van der Waals surface area contributed by atoms with E-state index < -0.39 is 5.97 Å². The zero-order chi connectivity index (χ0) is 9.68. The third kappa shape index (κ3) is 3.77. The molecule has 0 radical (unpaired) electrons. The van der Waals surface area contributed by atoms with Gasteiger partial charge >= 0.3 is 5.97 Å². The number of hydrogen-bond acceptors (Lipinski definition) is 2. The Morgan fingerprint density at radius 1 is 1.46 bits per heavy atom. The topological polar surface area (TPSA) is 49.3 Å². The maximum absolute atomic E-state index is 10.3. The van der Waals surface area contributed by atoms with Gasteiger partial charge in [-0.05, 0) is 25.7 Å². The highest BCUT2D eigenvalue weighted by atomic mass is 16.4. The van der Waals surface area contributed by atoms with Crippen molar-refractivity contribution in [3.63, 3.8) is 0 Å². The van der Waals surface area contributed by atoms with Crippen LogP contribution in [0.3, 0.4) is 0 Å². The number of aliphatic carboxylic acids is 1. The van der Waals surface area contributed by atoms with Gasteiger partial charge in [0.15, 0.2) is 0 Å². The number of hydrogen-bond donors (Lipinski definition) is 2. The predicted molar refractivity (Wildman–Crippen MR) is 51.7 cm³/mol. The van der Waals surface area contributed by atoms with Crippen LogP contribution in [0, 0.1) is 5.92 Å². The summed E-state index contributed by atoms with van der Waals surface area (Å²) in [4.78, 5) is 10.3. The Bertz CT molecular complexity index is 164. The molecule has 0 heterocycles. The highest BCUT2D eigenvalue weighted by molar-refractivity contribution is 5.69. The summed E-state index contributed by atoms with van der Waals surface area (Å²) in [5.41, 5.74) is 0. The van der Waals surface area contributed by atoms with Crippen molar-refractivity contribution in [2.45, 2.75) is 45.1 Å². The van der Waals surface area contributed by atoms with Crippen molar-refractivity contribution in [1.82, 2.24) is 5.32 Å². The molecule has 13 heavy (non-hydrogen) atoms. The van der Waals surface area contributed by atoms with Crippen LogP contribution in [0.5, 0.6) is 0 Å². The molecule has 1 atom stereocenters. The molecule has 0 amide bonds. The Hall–Kier alpha value is -0.570. The molecule has 1 fully saturated rings. The average molecular weight is 185 g/mol. The normalized spacial score (nSPS) is 21.3.